The molecule has 0 atom stereocenters. The van der Waals surface area contributed by atoms with Gasteiger partial charge >= 0.3 is 0 Å². The van der Waals surface area contributed by atoms with Crippen LogP contribution in [0.1, 0.15) is 18.1 Å². The summed E-state index contributed by atoms with van der Waals surface area (Å²) in [5, 5.41) is 13.9. The van der Waals surface area contributed by atoms with E-state index in [1.807, 2.05) is 12.1 Å². The van der Waals surface area contributed by atoms with Crippen LogP contribution in [0.4, 0.5) is 0 Å². The molecule has 0 bridgehead atoms. The molecule has 10 N–H and O–H groups in total. The highest BCUT2D eigenvalue weighted by atomic mass is 16.5. The minimum Gasteiger partial charge on any atom is -0.386 e. The number of carbonyl (C=O) groups excluding carboxylic acids is 1. The molecule has 1 amide bonds. The molecule has 0 fully saturated rings. The van der Waals surface area contributed by atoms with Crippen LogP contribution in [0, 0.1) is 0 Å². The number of carbonyl (C=O) groups is 1. The minimum absolute atomic E-state index is 0.0414. The molecule has 12 nitrogen and oxygen atoms in total. The summed E-state index contributed by atoms with van der Waals surface area (Å²) >= 11 is 0. The average molecular weight is 494 g/mol. The van der Waals surface area contributed by atoms with Crippen molar-refractivity contribution in [1.29, 1.82) is 0 Å². The number of hydrogen-bond donors (Lipinski definition) is 6. The first kappa shape index (κ1) is 30.4. The quantitative estimate of drug-likeness (QED) is 0.0525. The number of nitrogens with zero attached hydrogens (tertiary/aromatic N) is 3. The third-order valence-corrected chi connectivity index (χ3v) is 4.79. The first-order valence-electron chi connectivity index (χ1n) is 11.9. The van der Waals surface area contributed by atoms with Crippen molar-refractivity contribution in [2.45, 2.75) is 13.3 Å². The van der Waals surface area contributed by atoms with Crippen molar-refractivity contribution in [2.75, 3.05) is 78.8 Å². The Labute approximate surface area is 208 Å². The molecule has 0 saturated carbocycles. The lowest BCUT2D eigenvalue weighted by Crippen LogP contribution is -2.39. The van der Waals surface area contributed by atoms with Gasteiger partial charge in [0.15, 0.2) is 5.84 Å². The van der Waals surface area contributed by atoms with Crippen molar-refractivity contribution < 1.29 is 14.3 Å². The fraction of sp³-hybridized carbons (Fsp3) is 0.609. The van der Waals surface area contributed by atoms with Crippen molar-refractivity contribution in [2.24, 2.45) is 33.1 Å². The van der Waals surface area contributed by atoms with Crippen LogP contribution >= 0.6 is 0 Å². The summed E-state index contributed by atoms with van der Waals surface area (Å²) in [6.45, 7) is 9.54. The highest BCUT2D eigenvalue weighted by Gasteiger charge is 2.06. The normalized spacial score (nSPS) is 12.3. The zero-order chi connectivity index (χ0) is 25.7. The van der Waals surface area contributed by atoms with Gasteiger partial charge < -0.3 is 43.0 Å². The molecule has 198 valence electrons. The standard InChI is InChI=1S/C23H43N9O3/c1-19(26)30-31-23(27)21-4-2-20(3-5-21)18-22(33)29-9-8-28-10-11-32(12-16-34-14-6-24)13-17-35-15-7-25/h2-5,28H,6-18,24-25H2,1H3,(H2,26,30)(H2,27,31)(H,29,33). The monoisotopic (exact) mass is 493 g/mol. The molecule has 0 heterocycles. The summed E-state index contributed by atoms with van der Waals surface area (Å²) in [5.41, 5.74) is 23.8. The fourth-order valence-electron chi connectivity index (χ4n) is 2.98. The van der Waals surface area contributed by atoms with Crippen molar-refractivity contribution in [3.8, 4) is 0 Å². The van der Waals surface area contributed by atoms with Crippen LogP contribution < -0.4 is 33.6 Å². The lowest BCUT2D eigenvalue weighted by molar-refractivity contribution is -0.120. The molecule has 0 spiro atoms. The Balaban J connectivity index is 2.27. The third kappa shape index (κ3) is 15.8. The molecule has 0 aliphatic heterocycles. The molecule has 1 aromatic rings. The van der Waals surface area contributed by atoms with Gasteiger partial charge in [-0.15, -0.1) is 10.2 Å². The van der Waals surface area contributed by atoms with E-state index in [-0.39, 0.29) is 18.2 Å². The molecule has 0 unspecified atom stereocenters. The number of nitrogens with two attached hydrogens (primary N) is 4. The summed E-state index contributed by atoms with van der Waals surface area (Å²) in [5.74, 6) is 0.552. The molecule has 1 rings (SSSR count). The second-order valence-electron chi connectivity index (χ2n) is 7.84. The van der Waals surface area contributed by atoms with Gasteiger partial charge in [-0.2, -0.15) is 0 Å². The topological polar surface area (TPSA) is 192 Å². The predicted molar refractivity (Wildman–Crippen MR) is 140 cm³/mol. The molecule has 0 aliphatic rings. The summed E-state index contributed by atoms with van der Waals surface area (Å²) in [6.07, 6.45) is 0.288. The van der Waals surface area contributed by atoms with Crippen molar-refractivity contribution in [3.63, 3.8) is 0 Å². The Morgan fingerprint density at radius 1 is 0.886 bits per heavy atom. The largest absolute Gasteiger partial charge is 0.386 e. The second kappa shape index (κ2) is 19.7. The molecular formula is C23H43N9O3. The van der Waals surface area contributed by atoms with E-state index in [4.69, 9.17) is 32.4 Å². The predicted octanol–water partition coefficient (Wildman–Crippen LogP) is -1.82. The maximum atomic E-state index is 12.2. The first-order valence-corrected chi connectivity index (χ1v) is 11.9. The van der Waals surface area contributed by atoms with Crippen LogP contribution in [0.25, 0.3) is 0 Å². The molecule has 0 saturated heterocycles. The number of amides is 1. The summed E-state index contributed by atoms with van der Waals surface area (Å²) in [4.78, 5) is 14.5. The maximum absolute atomic E-state index is 12.2. The SMILES string of the molecule is C/C(N)=N/N=C(\N)c1ccc(CC(=O)NCCNCCN(CCOCCN)CCOCCN)cc1. The van der Waals surface area contributed by atoms with E-state index in [1.165, 1.54) is 0 Å². The Morgan fingerprint density at radius 2 is 1.51 bits per heavy atom. The number of nitrogens with one attached hydrogen (secondary N) is 2. The van der Waals surface area contributed by atoms with Crippen LogP contribution in [-0.4, -0.2) is 101 Å². The lowest BCUT2D eigenvalue weighted by Gasteiger charge is -2.22. The molecule has 0 aliphatic carbocycles. The number of hydrogen-bond acceptors (Lipinski definition) is 9. The van der Waals surface area contributed by atoms with E-state index in [0.717, 1.165) is 31.7 Å². The molecule has 1 aromatic carbocycles. The van der Waals surface area contributed by atoms with Crippen LogP contribution in [0.2, 0.25) is 0 Å². The maximum Gasteiger partial charge on any atom is 0.224 e. The Hall–Kier alpha value is -2.61. The van der Waals surface area contributed by atoms with Gasteiger partial charge in [0.05, 0.1) is 32.8 Å². The first-order chi connectivity index (χ1) is 17.0. The minimum atomic E-state index is -0.0414. The van der Waals surface area contributed by atoms with Crippen LogP contribution in [0.15, 0.2) is 34.5 Å². The van der Waals surface area contributed by atoms with Crippen molar-refractivity contribution >= 4 is 17.6 Å². The molecule has 35 heavy (non-hydrogen) atoms. The van der Waals surface area contributed by atoms with Crippen molar-refractivity contribution in [3.05, 3.63) is 35.4 Å². The van der Waals surface area contributed by atoms with Crippen LogP contribution in [0.3, 0.4) is 0 Å². The van der Waals surface area contributed by atoms with Gasteiger partial charge in [0, 0.05) is 57.9 Å². The summed E-state index contributed by atoms with van der Waals surface area (Å²) < 4.78 is 11.0. The van der Waals surface area contributed by atoms with E-state index in [0.29, 0.717) is 64.0 Å². The molecular weight excluding hydrogens is 450 g/mol. The molecule has 0 radical (unpaired) electrons. The highest BCUT2D eigenvalue weighted by Crippen LogP contribution is 2.05. The van der Waals surface area contributed by atoms with Gasteiger partial charge in [-0.25, -0.2) is 0 Å². The van der Waals surface area contributed by atoms with Gasteiger partial charge in [0.25, 0.3) is 0 Å². The van der Waals surface area contributed by atoms with E-state index in [2.05, 4.69) is 25.7 Å². The highest BCUT2D eigenvalue weighted by molar-refractivity contribution is 5.97. The summed E-state index contributed by atoms with van der Waals surface area (Å²) in [6, 6.07) is 7.30. The third-order valence-electron chi connectivity index (χ3n) is 4.79. The van der Waals surface area contributed by atoms with E-state index in [9.17, 15) is 4.79 Å². The number of benzene rings is 1. The van der Waals surface area contributed by atoms with E-state index in [1.54, 1.807) is 19.1 Å². The average Bonchev–Trinajstić information content (AvgIpc) is 2.84. The fourth-order valence-corrected chi connectivity index (χ4v) is 2.98. The number of amidine groups is 2. The van der Waals surface area contributed by atoms with Gasteiger partial charge in [0.2, 0.25) is 5.91 Å². The summed E-state index contributed by atoms with van der Waals surface area (Å²) in [7, 11) is 0. The Bertz CT molecular complexity index is 741. The lowest BCUT2D eigenvalue weighted by atomic mass is 10.1. The van der Waals surface area contributed by atoms with Gasteiger partial charge in [-0.3, -0.25) is 9.69 Å². The second-order valence-corrected chi connectivity index (χ2v) is 7.84. The number of rotatable bonds is 20. The van der Waals surface area contributed by atoms with Crippen LogP contribution in [-0.2, 0) is 20.7 Å². The zero-order valence-corrected chi connectivity index (χ0v) is 20.9. The Morgan fingerprint density at radius 3 is 2.09 bits per heavy atom. The van der Waals surface area contributed by atoms with Crippen LogP contribution in [0.5, 0.6) is 0 Å². The van der Waals surface area contributed by atoms with E-state index >= 15 is 0 Å². The van der Waals surface area contributed by atoms with Gasteiger partial charge in [0.1, 0.15) is 5.84 Å². The Kier molecular flexibility index (Phi) is 17.1. The van der Waals surface area contributed by atoms with Gasteiger partial charge in [-0.1, -0.05) is 24.3 Å². The smallest absolute Gasteiger partial charge is 0.224 e. The van der Waals surface area contributed by atoms with Gasteiger partial charge in [-0.05, 0) is 12.5 Å². The zero-order valence-electron chi connectivity index (χ0n) is 20.9. The molecule has 12 heteroatoms. The number of ether oxygens (including phenoxy) is 2. The van der Waals surface area contributed by atoms with Crippen molar-refractivity contribution in [1.82, 2.24) is 15.5 Å². The van der Waals surface area contributed by atoms with E-state index < -0.39 is 0 Å². The molecule has 0 aromatic heterocycles.